The Balaban J connectivity index is 2.05. The minimum Gasteiger partial charge on any atom is -0.351 e. The molecule has 1 aliphatic heterocycles. The van der Waals surface area contributed by atoms with Crippen molar-refractivity contribution < 1.29 is 9.47 Å². The summed E-state index contributed by atoms with van der Waals surface area (Å²) >= 11 is 0. The normalized spacial score (nSPS) is 29.9. The molecule has 0 N–H and O–H groups in total. The van der Waals surface area contributed by atoms with Crippen LogP contribution in [-0.2, 0) is 9.47 Å². The Kier molecular flexibility index (Phi) is 3.55. The SMILES string of the molecule is C[C@@H]1O[C@@H]([C@@H](C)c2ccccc2)OCC1(C)C. The van der Waals surface area contributed by atoms with Crippen LogP contribution in [-0.4, -0.2) is 19.0 Å². The Morgan fingerprint density at radius 1 is 1.24 bits per heavy atom. The second-order valence-electron chi connectivity index (χ2n) is 5.65. The van der Waals surface area contributed by atoms with Gasteiger partial charge in [0.25, 0.3) is 0 Å². The van der Waals surface area contributed by atoms with E-state index in [-0.39, 0.29) is 23.7 Å². The minimum atomic E-state index is -0.125. The van der Waals surface area contributed by atoms with Gasteiger partial charge in [-0.25, -0.2) is 0 Å². The standard InChI is InChI=1S/C15H22O2/c1-11(13-8-6-5-7-9-13)14-16-10-15(3,4)12(2)17-14/h5-9,11-12,14H,10H2,1-4H3/t11-,12-,14-/m0/s1. The van der Waals surface area contributed by atoms with Crippen molar-refractivity contribution >= 4 is 0 Å². The molecule has 2 nitrogen and oxygen atoms in total. The largest absolute Gasteiger partial charge is 0.351 e. The zero-order chi connectivity index (χ0) is 12.5. The van der Waals surface area contributed by atoms with E-state index < -0.39 is 0 Å². The molecule has 1 aliphatic rings. The van der Waals surface area contributed by atoms with E-state index in [1.807, 2.05) is 6.07 Å². The van der Waals surface area contributed by atoms with Gasteiger partial charge in [0.1, 0.15) is 0 Å². The molecule has 0 amide bonds. The maximum Gasteiger partial charge on any atom is 0.164 e. The van der Waals surface area contributed by atoms with Crippen molar-refractivity contribution in [1.29, 1.82) is 0 Å². The first-order valence-electron chi connectivity index (χ1n) is 6.33. The summed E-state index contributed by atoms with van der Waals surface area (Å²) in [5, 5.41) is 0. The molecule has 94 valence electrons. The maximum atomic E-state index is 6.00. The number of ether oxygens (including phenoxy) is 2. The van der Waals surface area contributed by atoms with Crippen molar-refractivity contribution in [2.24, 2.45) is 5.41 Å². The fourth-order valence-electron chi connectivity index (χ4n) is 2.01. The average molecular weight is 234 g/mol. The molecule has 1 heterocycles. The van der Waals surface area contributed by atoms with Gasteiger partial charge in [-0.3, -0.25) is 0 Å². The highest BCUT2D eigenvalue weighted by Crippen LogP contribution is 2.34. The first-order chi connectivity index (χ1) is 8.00. The van der Waals surface area contributed by atoms with Crippen molar-refractivity contribution in [2.45, 2.75) is 46.0 Å². The molecule has 0 saturated carbocycles. The third kappa shape index (κ3) is 2.70. The lowest BCUT2D eigenvalue weighted by Gasteiger charge is -2.42. The molecule has 17 heavy (non-hydrogen) atoms. The molecule has 0 aromatic heterocycles. The molecule has 3 atom stereocenters. The van der Waals surface area contributed by atoms with Crippen LogP contribution < -0.4 is 0 Å². The third-order valence-electron chi connectivity index (χ3n) is 3.79. The lowest BCUT2D eigenvalue weighted by molar-refractivity contribution is -0.261. The average Bonchev–Trinajstić information content (AvgIpc) is 2.33. The van der Waals surface area contributed by atoms with Crippen LogP contribution in [0.4, 0.5) is 0 Å². The molecule has 1 fully saturated rings. The van der Waals surface area contributed by atoms with Gasteiger partial charge in [0, 0.05) is 11.3 Å². The summed E-state index contributed by atoms with van der Waals surface area (Å²) in [6, 6.07) is 10.4. The van der Waals surface area contributed by atoms with Gasteiger partial charge < -0.3 is 9.47 Å². The number of rotatable bonds is 2. The highest BCUT2D eigenvalue weighted by Gasteiger charge is 2.37. The summed E-state index contributed by atoms with van der Waals surface area (Å²) in [6.07, 6.45) is 0.104. The zero-order valence-corrected chi connectivity index (χ0v) is 11.1. The second-order valence-corrected chi connectivity index (χ2v) is 5.65. The fourth-order valence-corrected chi connectivity index (χ4v) is 2.01. The van der Waals surface area contributed by atoms with Gasteiger partial charge in [-0.05, 0) is 12.5 Å². The van der Waals surface area contributed by atoms with Crippen LogP contribution >= 0.6 is 0 Å². The van der Waals surface area contributed by atoms with Crippen LogP contribution in [0.2, 0.25) is 0 Å². The van der Waals surface area contributed by atoms with Crippen molar-refractivity contribution in [3.05, 3.63) is 35.9 Å². The summed E-state index contributed by atoms with van der Waals surface area (Å²) in [7, 11) is 0. The van der Waals surface area contributed by atoms with Crippen molar-refractivity contribution in [3.63, 3.8) is 0 Å². The van der Waals surface area contributed by atoms with Crippen LogP contribution in [0.1, 0.15) is 39.2 Å². The van der Waals surface area contributed by atoms with Gasteiger partial charge in [0.2, 0.25) is 0 Å². The smallest absolute Gasteiger partial charge is 0.164 e. The van der Waals surface area contributed by atoms with Crippen LogP contribution in [0.5, 0.6) is 0 Å². The Hall–Kier alpha value is -0.860. The zero-order valence-electron chi connectivity index (χ0n) is 11.1. The van der Waals surface area contributed by atoms with Crippen molar-refractivity contribution in [1.82, 2.24) is 0 Å². The Labute approximate surface area is 104 Å². The molecule has 1 aromatic rings. The Morgan fingerprint density at radius 3 is 2.47 bits per heavy atom. The molecule has 0 bridgehead atoms. The summed E-state index contributed by atoms with van der Waals surface area (Å²) in [6.45, 7) is 9.41. The molecule has 0 aliphatic carbocycles. The fraction of sp³-hybridized carbons (Fsp3) is 0.600. The first-order valence-corrected chi connectivity index (χ1v) is 6.33. The molecule has 2 heteroatoms. The molecule has 1 aromatic carbocycles. The van der Waals surface area contributed by atoms with Crippen LogP contribution in [0.3, 0.4) is 0 Å². The van der Waals surface area contributed by atoms with E-state index in [0.717, 1.165) is 6.61 Å². The number of hydrogen-bond donors (Lipinski definition) is 0. The molecule has 1 saturated heterocycles. The van der Waals surface area contributed by atoms with E-state index in [2.05, 4.69) is 52.0 Å². The topological polar surface area (TPSA) is 18.5 Å². The van der Waals surface area contributed by atoms with Crippen LogP contribution in [0, 0.1) is 5.41 Å². The number of benzene rings is 1. The number of hydrogen-bond acceptors (Lipinski definition) is 2. The van der Waals surface area contributed by atoms with Gasteiger partial charge in [-0.2, -0.15) is 0 Å². The van der Waals surface area contributed by atoms with Gasteiger partial charge in [-0.1, -0.05) is 51.1 Å². The molecular formula is C15H22O2. The van der Waals surface area contributed by atoms with Gasteiger partial charge in [-0.15, -0.1) is 0 Å². The van der Waals surface area contributed by atoms with Crippen LogP contribution in [0.25, 0.3) is 0 Å². The van der Waals surface area contributed by atoms with Crippen molar-refractivity contribution in [2.75, 3.05) is 6.61 Å². The lowest BCUT2D eigenvalue weighted by Crippen LogP contribution is -2.45. The minimum absolute atomic E-state index is 0.104. The van der Waals surface area contributed by atoms with E-state index in [0.29, 0.717) is 0 Å². The third-order valence-corrected chi connectivity index (χ3v) is 3.79. The monoisotopic (exact) mass is 234 g/mol. The maximum absolute atomic E-state index is 6.00. The Bertz CT molecular complexity index is 358. The second kappa shape index (κ2) is 4.79. The predicted molar refractivity (Wildman–Crippen MR) is 68.9 cm³/mol. The predicted octanol–water partition coefficient (Wildman–Crippen LogP) is 3.58. The lowest BCUT2D eigenvalue weighted by atomic mass is 9.87. The van der Waals surface area contributed by atoms with Crippen LogP contribution in [0.15, 0.2) is 30.3 Å². The van der Waals surface area contributed by atoms with E-state index in [4.69, 9.17) is 9.47 Å². The summed E-state index contributed by atoms with van der Waals surface area (Å²) in [5.74, 6) is 0.273. The molecule has 0 spiro atoms. The van der Waals surface area contributed by atoms with Gasteiger partial charge >= 0.3 is 0 Å². The van der Waals surface area contributed by atoms with E-state index in [1.54, 1.807) is 0 Å². The quantitative estimate of drug-likeness (QED) is 0.778. The van der Waals surface area contributed by atoms with Crippen molar-refractivity contribution in [3.8, 4) is 0 Å². The first kappa shape index (κ1) is 12.6. The summed E-state index contributed by atoms with van der Waals surface area (Å²) in [4.78, 5) is 0. The highest BCUT2D eigenvalue weighted by molar-refractivity contribution is 5.19. The summed E-state index contributed by atoms with van der Waals surface area (Å²) < 4.78 is 11.9. The van der Waals surface area contributed by atoms with Gasteiger partial charge in [0.15, 0.2) is 6.29 Å². The van der Waals surface area contributed by atoms with E-state index >= 15 is 0 Å². The van der Waals surface area contributed by atoms with Gasteiger partial charge in [0.05, 0.1) is 12.7 Å². The highest BCUT2D eigenvalue weighted by atomic mass is 16.7. The Morgan fingerprint density at radius 2 is 1.88 bits per heavy atom. The van der Waals surface area contributed by atoms with E-state index in [1.165, 1.54) is 5.56 Å². The molecule has 0 unspecified atom stereocenters. The molecular weight excluding hydrogens is 212 g/mol. The van der Waals surface area contributed by atoms with E-state index in [9.17, 15) is 0 Å². The molecule has 0 radical (unpaired) electrons. The summed E-state index contributed by atoms with van der Waals surface area (Å²) in [5.41, 5.74) is 1.37. The molecule has 2 rings (SSSR count).